The Labute approximate surface area is 71.5 Å². The Morgan fingerprint density at radius 3 is 2.82 bits per heavy atom. The minimum Gasteiger partial charge on any atom is -0.289 e. The van der Waals surface area contributed by atoms with Gasteiger partial charge in [0, 0.05) is 0 Å². The maximum absolute atomic E-state index is 10.5. The first-order valence-electron chi connectivity index (χ1n) is 3.82. The molecule has 4 heteroatoms. The number of unbranched alkanes of at least 4 members (excludes halogenated alkanes) is 2. The molecule has 0 unspecified atom stereocenters. The van der Waals surface area contributed by atoms with Gasteiger partial charge in [0.2, 0.25) is 0 Å². The van der Waals surface area contributed by atoms with Crippen LogP contribution in [-0.2, 0) is 4.79 Å². The Morgan fingerprint density at radius 2 is 2.27 bits per heavy atom. The highest BCUT2D eigenvalue weighted by molar-refractivity contribution is 7.99. The average Bonchev–Trinajstić information content (AvgIpc) is 2.04. The molecule has 66 valence electrons. The molecule has 11 heavy (non-hydrogen) atoms. The van der Waals surface area contributed by atoms with Gasteiger partial charge in [0.05, 0.1) is 5.75 Å². The van der Waals surface area contributed by atoms with Gasteiger partial charge in [-0.05, 0) is 12.2 Å². The molecule has 1 amide bonds. The van der Waals surface area contributed by atoms with Gasteiger partial charge in [-0.2, -0.15) is 11.8 Å². The van der Waals surface area contributed by atoms with Crippen LogP contribution in [0.5, 0.6) is 0 Å². The van der Waals surface area contributed by atoms with Crippen molar-refractivity contribution in [3.63, 3.8) is 0 Å². The number of nitrogens with one attached hydrogen (secondary N) is 1. The number of rotatable bonds is 6. The van der Waals surface area contributed by atoms with Gasteiger partial charge in [0.15, 0.2) is 0 Å². The van der Waals surface area contributed by atoms with Crippen LogP contribution in [0.2, 0.25) is 0 Å². The molecule has 0 spiro atoms. The second-order valence-corrected chi connectivity index (χ2v) is 3.40. The average molecular weight is 177 g/mol. The van der Waals surface area contributed by atoms with E-state index in [4.69, 9.17) is 5.21 Å². The monoisotopic (exact) mass is 177 g/mol. The normalized spacial score (nSPS) is 9.64. The number of carbonyl (C=O) groups is 1. The fourth-order valence-electron chi connectivity index (χ4n) is 0.651. The van der Waals surface area contributed by atoms with E-state index in [9.17, 15) is 4.79 Å². The molecule has 0 aromatic heterocycles. The maximum Gasteiger partial charge on any atom is 0.253 e. The number of hydrogen-bond acceptors (Lipinski definition) is 3. The summed E-state index contributed by atoms with van der Waals surface area (Å²) < 4.78 is 0. The summed E-state index contributed by atoms with van der Waals surface area (Å²) in [6, 6.07) is 0. The molecule has 0 heterocycles. The lowest BCUT2D eigenvalue weighted by atomic mass is 10.3. The van der Waals surface area contributed by atoms with Gasteiger partial charge in [0.1, 0.15) is 0 Å². The number of thioether (sulfide) groups is 1. The highest BCUT2D eigenvalue weighted by Crippen LogP contribution is 2.04. The minimum atomic E-state index is -0.313. The third-order valence-electron chi connectivity index (χ3n) is 1.25. The fourth-order valence-corrected chi connectivity index (χ4v) is 1.45. The summed E-state index contributed by atoms with van der Waals surface area (Å²) in [5.74, 6) is 1.05. The van der Waals surface area contributed by atoms with Gasteiger partial charge in [0.25, 0.3) is 5.91 Å². The summed E-state index contributed by atoms with van der Waals surface area (Å²) >= 11 is 1.55. The third kappa shape index (κ3) is 7.68. The Kier molecular flexibility index (Phi) is 7.72. The van der Waals surface area contributed by atoms with Gasteiger partial charge in [-0.25, -0.2) is 5.48 Å². The van der Waals surface area contributed by atoms with Crippen molar-refractivity contribution in [3.8, 4) is 0 Å². The van der Waals surface area contributed by atoms with Gasteiger partial charge in [-0.3, -0.25) is 10.0 Å². The summed E-state index contributed by atoms with van der Waals surface area (Å²) in [7, 11) is 0. The molecule has 0 aliphatic carbocycles. The van der Waals surface area contributed by atoms with Crippen LogP contribution in [0.3, 0.4) is 0 Å². The molecular formula is C7H15NO2S. The molecule has 0 saturated carbocycles. The standard InChI is InChI=1S/C7H15NO2S/c1-2-3-4-5-11-6-7(9)8-10/h10H,2-6H2,1H3,(H,8,9). The van der Waals surface area contributed by atoms with Crippen molar-refractivity contribution in [3.05, 3.63) is 0 Å². The zero-order chi connectivity index (χ0) is 8.53. The van der Waals surface area contributed by atoms with Crippen molar-refractivity contribution in [2.75, 3.05) is 11.5 Å². The van der Waals surface area contributed by atoms with E-state index in [-0.39, 0.29) is 5.91 Å². The van der Waals surface area contributed by atoms with E-state index in [2.05, 4.69) is 6.92 Å². The smallest absolute Gasteiger partial charge is 0.253 e. The lowest BCUT2D eigenvalue weighted by Crippen LogP contribution is -2.20. The molecule has 0 saturated heterocycles. The van der Waals surface area contributed by atoms with E-state index in [1.165, 1.54) is 12.8 Å². The van der Waals surface area contributed by atoms with Crippen molar-refractivity contribution in [1.29, 1.82) is 0 Å². The topological polar surface area (TPSA) is 49.3 Å². The first-order valence-corrected chi connectivity index (χ1v) is 4.97. The van der Waals surface area contributed by atoms with E-state index in [0.29, 0.717) is 5.75 Å². The number of hydroxylamine groups is 1. The quantitative estimate of drug-likeness (QED) is 0.366. The Balaban J connectivity index is 2.95. The summed E-state index contributed by atoms with van der Waals surface area (Å²) in [5, 5.41) is 8.12. The minimum absolute atomic E-state index is 0.313. The van der Waals surface area contributed by atoms with Crippen molar-refractivity contribution in [1.82, 2.24) is 5.48 Å². The molecule has 0 aliphatic heterocycles. The zero-order valence-electron chi connectivity index (χ0n) is 6.80. The SMILES string of the molecule is CCCCCSCC(=O)NO. The molecule has 0 aromatic rings. The highest BCUT2D eigenvalue weighted by atomic mass is 32.2. The lowest BCUT2D eigenvalue weighted by molar-refractivity contribution is -0.126. The van der Waals surface area contributed by atoms with Crippen LogP contribution in [0.25, 0.3) is 0 Å². The molecular weight excluding hydrogens is 162 g/mol. The predicted octanol–water partition coefficient (Wildman–Crippen LogP) is 1.42. The van der Waals surface area contributed by atoms with Crippen LogP contribution in [0.4, 0.5) is 0 Å². The van der Waals surface area contributed by atoms with E-state index < -0.39 is 0 Å². The summed E-state index contributed by atoms with van der Waals surface area (Å²) in [5.41, 5.74) is 1.60. The Morgan fingerprint density at radius 1 is 1.55 bits per heavy atom. The van der Waals surface area contributed by atoms with E-state index in [1.54, 1.807) is 17.2 Å². The third-order valence-corrected chi connectivity index (χ3v) is 2.29. The van der Waals surface area contributed by atoms with E-state index in [0.717, 1.165) is 12.2 Å². The van der Waals surface area contributed by atoms with E-state index >= 15 is 0 Å². The predicted molar refractivity (Wildman–Crippen MR) is 46.8 cm³/mol. The summed E-state index contributed by atoms with van der Waals surface area (Å²) in [4.78, 5) is 10.5. The second kappa shape index (κ2) is 7.88. The van der Waals surface area contributed by atoms with Crippen molar-refractivity contribution in [2.24, 2.45) is 0 Å². The van der Waals surface area contributed by atoms with Crippen molar-refractivity contribution < 1.29 is 10.0 Å². The van der Waals surface area contributed by atoms with Crippen LogP contribution in [-0.4, -0.2) is 22.6 Å². The number of hydrogen-bond donors (Lipinski definition) is 2. The molecule has 2 N–H and O–H groups in total. The van der Waals surface area contributed by atoms with Crippen LogP contribution in [0, 0.1) is 0 Å². The van der Waals surface area contributed by atoms with Gasteiger partial charge in [-0.15, -0.1) is 0 Å². The first-order chi connectivity index (χ1) is 5.31. The van der Waals surface area contributed by atoms with Crippen LogP contribution < -0.4 is 5.48 Å². The second-order valence-electron chi connectivity index (χ2n) is 2.29. The van der Waals surface area contributed by atoms with Gasteiger partial charge >= 0.3 is 0 Å². The largest absolute Gasteiger partial charge is 0.289 e. The molecule has 0 bridgehead atoms. The molecule has 0 aliphatic rings. The van der Waals surface area contributed by atoms with Crippen molar-refractivity contribution >= 4 is 17.7 Å². The molecule has 0 fully saturated rings. The molecule has 0 atom stereocenters. The van der Waals surface area contributed by atoms with Gasteiger partial charge < -0.3 is 0 Å². The van der Waals surface area contributed by atoms with Crippen LogP contribution in [0.1, 0.15) is 26.2 Å². The van der Waals surface area contributed by atoms with Crippen LogP contribution >= 0.6 is 11.8 Å². The summed E-state index contributed by atoms with van der Waals surface area (Å²) in [6.07, 6.45) is 3.57. The van der Waals surface area contributed by atoms with Gasteiger partial charge in [-0.1, -0.05) is 19.8 Å². The molecule has 0 rings (SSSR count). The Bertz CT molecular complexity index is 109. The summed E-state index contributed by atoms with van der Waals surface area (Å²) in [6.45, 7) is 2.14. The lowest BCUT2D eigenvalue weighted by Gasteiger charge is -1.98. The van der Waals surface area contributed by atoms with Crippen molar-refractivity contribution in [2.45, 2.75) is 26.2 Å². The van der Waals surface area contributed by atoms with Crippen LogP contribution in [0.15, 0.2) is 0 Å². The maximum atomic E-state index is 10.5. The molecule has 0 aromatic carbocycles. The number of carbonyl (C=O) groups excluding carboxylic acids is 1. The first kappa shape index (κ1) is 10.8. The zero-order valence-corrected chi connectivity index (χ0v) is 7.62. The highest BCUT2D eigenvalue weighted by Gasteiger charge is 1.97. The number of amides is 1. The molecule has 3 nitrogen and oxygen atoms in total. The van der Waals surface area contributed by atoms with E-state index in [1.807, 2.05) is 0 Å². The fraction of sp³-hybridized carbons (Fsp3) is 0.857. The molecule has 0 radical (unpaired) electrons. The Hall–Kier alpha value is -0.220.